The van der Waals surface area contributed by atoms with Crippen molar-refractivity contribution in [1.82, 2.24) is 30.6 Å². The van der Waals surface area contributed by atoms with E-state index in [1.54, 1.807) is 18.0 Å². The van der Waals surface area contributed by atoms with E-state index in [4.69, 9.17) is 9.26 Å². The van der Waals surface area contributed by atoms with Crippen molar-refractivity contribution in [3.63, 3.8) is 0 Å². The summed E-state index contributed by atoms with van der Waals surface area (Å²) in [4.78, 5) is 30.2. The molecule has 0 unspecified atom stereocenters. The van der Waals surface area contributed by atoms with Crippen LogP contribution in [-0.4, -0.2) is 58.0 Å². The number of amides is 2. The van der Waals surface area contributed by atoms with Crippen LogP contribution >= 0.6 is 0 Å². The van der Waals surface area contributed by atoms with Gasteiger partial charge in [0.05, 0.1) is 24.3 Å². The molecule has 4 rings (SSSR count). The van der Waals surface area contributed by atoms with E-state index in [2.05, 4.69) is 25.9 Å². The molecule has 0 radical (unpaired) electrons. The molecule has 0 aliphatic heterocycles. The largest absolute Gasteiger partial charge is 0.383 e. The lowest BCUT2D eigenvalue weighted by Crippen LogP contribution is -2.37. The highest BCUT2D eigenvalue weighted by molar-refractivity contribution is 5.94. The Bertz CT molecular complexity index is 1080. The van der Waals surface area contributed by atoms with Gasteiger partial charge in [-0.2, -0.15) is 10.1 Å². The van der Waals surface area contributed by atoms with Gasteiger partial charge in [-0.05, 0) is 19.8 Å². The van der Waals surface area contributed by atoms with Crippen molar-refractivity contribution >= 4 is 11.8 Å². The van der Waals surface area contributed by atoms with E-state index >= 15 is 0 Å². The topological polar surface area (TPSA) is 124 Å². The Kier molecular flexibility index (Phi) is 7.13. The predicted molar refractivity (Wildman–Crippen MR) is 119 cm³/mol. The van der Waals surface area contributed by atoms with Gasteiger partial charge in [-0.25, -0.2) is 0 Å². The highest BCUT2D eigenvalue weighted by Gasteiger charge is 2.42. The van der Waals surface area contributed by atoms with Crippen LogP contribution in [0.1, 0.15) is 41.9 Å². The fraction of sp³-hybridized carbons (Fsp3) is 0.435. The molecule has 1 aromatic carbocycles. The maximum absolute atomic E-state index is 12.9. The van der Waals surface area contributed by atoms with E-state index in [0.29, 0.717) is 49.8 Å². The number of nitrogens with zero attached hydrogens (tertiary/aromatic N) is 4. The number of benzene rings is 1. The highest BCUT2D eigenvalue weighted by atomic mass is 16.5. The summed E-state index contributed by atoms with van der Waals surface area (Å²) in [5, 5.41) is 14.2. The van der Waals surface area contributed by atoms with Gasteiger partial charge in [0.1, 0.15) is 0 Å². The summed E-state index contributed by atoms with van der Waals surface area (Å²) < 4.78 is 12.3. The standard InChI is InChI=1S/C23H28N6O4/c1-3-29-14-17(13-25-29)22(31)26-19-12-16(21(30)24-9-10-32-2)11-18(19)23-27-20(28-33-23)15-7-5-4-6-8-15/h4-8,13-14,16,18-19H,3,9-12H2,1-2H3,(H,24,30)(H,26,31)/t16-,18-,19+/m1/s1. The van der Waals surface area contributed by atoms with Gasteiger partial charge in [0.2, 0.25) is 17.6 Å². The number of carbonyl (C=O) groups excluding carboxylic acids is 2. The second kappa shape index (κ2) is 10.4. The quantitative estimate of drug-likeness (QED) is 0.476. The Hall–Kier alpha value is -3.53. The SMILES string of the molecule is CCn1cc(C(=O)N[C@H]2C[C@H](C(=O)NCCOC)C[C@H]2c2nc(-c3ccccc3)no2)cn1. The minimum Gasteiger partial charge on any atom is -0.383 e. The molecular formula is C23H28N6O4. The molecule has 174 valence electrons. The number of hydrogen-bond acceptors (Lipinski definition) is 7. The average Bonchev–Trinajstić information content (AvgIpc) is 3.59. The molecule has 0 spiro atoms. The Balaban J connectivity index is 1.53. The number of carbonyl (C=O) groups is 2. The molecule has 0 bridgehead atoms. The van der Waals surface area contributed by atoms with Gasteiger partial charge in [-0.1, -0.05) is 35.5 Å². The smallest absolute Gasteiger partial charge is 0.254 e. The summed E-state index contributed by atoms with van der Waals surface area (Å²) in [6.45, 7) is 3.50. The molecule has 2 N–H and O–H groups in total. The minimum atomic E-state index is -0.329. The molecule has 2 amide bonds. The summed E-state index contributed by atoms with van der Waals surface area (Å²) >= 11 is 0. The Morgan fingerprint density at radius 3 is 2.79 bits per heavy atom. The summed E-state index contributed by atoms with van der Waals surface area (Å²) in [7, 11) is 1.59. The van der Waals surface area contributed by atoms with Gasteiger partial charge in [0.25, 0.3) is 5.91 Å². The molecule has 2 aromatic heterocycles. The molecule has 2 heterocycles. The molecule has 1 aliphatic carbocycles. The number of rotatable bonds is 9. The number of aryl methyl sites for hydroxylation is 1. The zero-order valence-electron chi connectivity index (χ0n) is 18.7. The lowest BCUT2D eigenvalue weighted by molar-refractivity contribution is -0.125. The van der Waals surface area contributed by atoms with Crippen LogP contribution in [0.15, 0.2) is 47.2 Å². The van der Waals surface area contributed by atoms with Gasteiger partial charge in [-0.15, -0.1) is 0 Å². The maximum Gasteiger partial charge on any atom is 0.254 e. The molecule has 1 fully saturated rings. The van der Waals surface area contributed by atoms with Crippen molar-refractivity contribution in [1.29, 1.82) is 0 Å². The molecular weight excluding hydrogens is 424 g/mol. The van der Waals surface area contributed by atoms with Gasteiger partial charge in [0.15, 0.2) is 0 Å². The number of ether oxygens (including phenoxy) is 1. The van der Waals surface area contributed by atoms with E-state index in [1.807, 2.05) is 37.3 Å². The number of aromatic nitrogens is 4. The maximum atomic E-state index is 12.9. The summed E-state index contributed by atoms with van der Waals surface area (Å²) in [5.41, 5.74) is 1.31. The Morgan fingerprint density at radius 2 is 2.06 bits per heavy atom. The second-order valence-electron chi connectivity index (χ2n) is 8.05. The third kappa shape index (κ3) is 5.28. The highest BCUT2D eigenvalue weighted by Crippen LogP contribution is 2.39. The minimum absolute atomic E-state index is 0.0737. The van der Waals surface area contributed by atoms with Crippen molar-refractivity contribution in [3.05, 3.63) is 54.2 Å². The third-order valence-corrected chi connectivity index (χ3v) is 5.87. The molecule has 10 nitrogen and oxygen atoms in total. The van der Waals surface area contributed by atoms with Gasteiger partial charge in [-0.3, -0.25) is 14.3 Å². The number of nitrogens with one attached hydrogen (secondary N) is 2. The summed E-state index contributed by atoms with van der Waals surface area (Å²) in [6, 6.07) is 9.20. The molecule has 1 aliphatic rings. The van der Waals surface area contributed by atoms with Crippen LogP contribution in [0.4, 0.5) is 0 Å². The normalized spacial score (nSPS) is 20.0. The number of hydrogen-bond donors (Lipinski definition) is 2. The van der Waals surface area contributed by atoms with Crippen molar-refractivity contribution in [2.75, 3.05) is 20.3 Å². The van der Waals surface area contributed by atoms with Gasteiger partial charge in [0, 0.05) is 43.9 Å². The zero-order valence-corrected chi connectivity index (χ0v) is 18.7. The predicted octanol–water partition coefficient (Wildman–Crippen LogP) is 2.01. The lowest BCUT2D eigenvalue weighted by Gasteiger charge is -2.17. The van der Waals surface area contributed by atoms with Crippen molar-refractivity contribution in [2.45, 2.75) is 38.3 Å². The molecule has 3 atom stereocenters. The molecule has 10 heteroatoms. The average molecular weight is 453 g/mol. The van der Waals surface area contributed by atoms with Crippen molar-refractivity contribution in [2.24, 2.45) is 5.92 Å². The van der Waals surface area contributed by atoms with Crippen molar-refractivity contribution in [3.8, 4) is 11.4 Å². The van der Waals surface area contributed by atoms with Crippen LogP contribution in [0.2, 0.25) is 0 Å². The van der Waals surface area contributed by atoms with Crippen LogP contribution in [0.5, 0.6) is 0 Å². The van der Waals surface area contributed by atoms with Gasteiger partial charge < -0.3 is 19.9 Å². The van der Waals surface area contributed by atoms with E-state index in [9.17, 15) is 9.59 Å². The van der Waals surface area contributed by atoms with Crippen molar-refractivity contribution < 1.29 is 18.8 Å². The summed E-state index contributed by atoms with van der Waals surface area (Å²) in [5.74, 6) is 0.00716. The summed E-state index contributed by atoms with van der Waals surface area (Å²) in [6.07, 6.45) is 4.21. The van der Waals surface area contributed by atoms with E-state index in [-0.39, 0.29) is 29.7 Å². The number of methoxy groups -OCH3 is 1. The lowest BCUT2D eigenvalue weighted by atomic mass is 10.0. The first-order valence-electron chi connectivity index (χ1n) is 11.1. The van der Waals surface area contributed by atoms with E-state index in [0.717, 1.165) is 5.56 Å². The van der Waals surface area contributed by atoms with Gasteiger partial charge >= 0.3 is 0 Å². The first kappa shape index (κ1) is 22.7. The van der Waals surface area contributed by atoms with Crippen LogP contribution in [-0.2, 0) is 16.1 Å². The van der Waals surface area contributed by atoms with E-state index < -0.39 is 0 Å². The first-order chi connectivity index (χ1) is 16.1. The third-order valence-electron chi connectivity index (χ3n) is 5.87. The monoisotopic (exact) mass is 452 g/mol. The first-order valence-corrected chi connectivity index (χ1v) is 11.1. The molecule has 1 saturated carbocycles. The second-order valence-corrected chi connectivity index (χ2v) is 8.05. The van der Waals surface area contributed by atoms with E-state index in [1.165, 1.54) is 6.20 Å². The molecule has 33 heavy (non-hydrogen) atoms. The Labute approximate surface area is 191 Å². The molecule has 0 saturated heterocycles. The zero-order chi connectivity index (χ0) is 23.2. The fourth-order valence-corrected chi connectivity index (χ4v) is 4.10. The Morgan fingerprint density at radius 1 is 1.24 bits per heavy atom. The molecule has 3 aromatic rings. The van der Waals surface area contributed by atoms with Crippen LogP contribution in [0, 0.1) is 5.92 Å². The van der Waals surface area contributed by atoms with Crippen LogP contribution < -0.4 is 10.6 Å². The van der Waals surface area contributed by atoms with Crippen LogP contribution in [0.25, 0.3) is 11.4 Å². The van der Waals surface area contributed by atoms with Crippen LogP contribution in [0.3, 0.4) is 0 Å². The fourth-order valence-electron chi connectivity index (χ4n) is 4.10.